The maximum absolute atomic E-state index is 8.12. The summed E-state index contributed by atoms with van der Waals surface area (Å²) in [6.45, 7) is 0. The number of rotatable bonds is 0. The molecule has 0 aromatic rings. The van der Waals surface area contributed by atoms with Gasteiger partial charge in [-0.3, -0.25) is 0 Å². The summed E-state index contributed by atoms with van der Waals surface area (Å²) >= 11 is 0. The van der Waals surface area contributed by atoms with Crippen molar-refractivity contribution in [3.8, 4) is 0 Å². The minimum atomic E-state index is 0. The van der Waals surface area contributed by atoms with E-state index < -0.39 is 0 Å². The van der Waals surface area contributed by atoms with Crippen LogP contribution in [0.15, 0.2) is 0 Å². The Morgan fingerprint density at radius 3 is 1.25 bits per heavy atom. The largest absolute Gasteiger partial charge is 0.373 e. The van der Waals surface area contributed by atoms with E-state index in [1.165, 1.54) is 0 Å². The van der Waals surface area contributed by atoms with Crippen LogP contribution in [0.25, 0.3) is 0 Å². The zero-order valence-electron chi connectivity index (χ0n) is 2.02. The second-order valence-electron chi connectivity index (χ2n) is 0.0833. The number of hydrogen-bond acceptors (Lipinski definition) is 2. The Morgan fingerprint density at radius 1 is 1.25 bits per heavy atom. The standard InChI is InChI=1S/CO2.Mg/c2-1-3;. The van der Waals surface area contributed by atoms with Crippen molar-refractivity contribution in [1.82, 2.24) is 0 Å². The molecule has 0 saturated carbocycles. The van der Waals surface area contributed by atoms with Crippen LogP contribution >= 0.6 is 0 Å². The number of hydrogen-bond donors (Lipinski definition) is 0. The highest BCUT2D eigenvalue weighted by molar-refractivity contribution is 5.75. The van der Waals surface area contributed by atoms with Crippen LogP contribution in [0.1, 0.15) is 0 Å². The Labute approximate surface area is 39.3 Å². The Hall–Kier alpha value is 0.146. The molecule has 0 aliphatic carbocycles. The van der Waals surface area contributed by atoms with E-state index in [1.807, 2.05) is 0 Å². The highest BCUT2D eigenvalue weighted by Gasteiger charge is 1.13. The molecule has 2 radical (unpaired) electrons. The third-order valence-electron chi connectivity index (χ3n) is 0. The van der Waals surface area contributed by atoms with Crippen LogP contribution in [0.2, 0.25) is 0 Å². The molecule has 0 fully saturated rings. The van der Waals surface area contributed by atoms with E-state index in [9.17, 15) is 0 Å². The fraction of sp³-hybridized carbons (Fsp3) is 0. The average molecular weight is 68.3 g/mol. The zero-order chi connectivity index (χ0) is 2.71. The zero-order valence-corrected chi connectivity index (χ0v) is 3.44. The van der Waals surface area contributed by atoms with Gasteiger partial charge >= 0.3 is 6.15 Å². The molecule has 0 aromatic heterocycles. The van der Waals surface area contributed by atoms with Gasteiger partial charge in [0.25, 0.3) is 0 Å². The first-order valence-corrected chi connectivity index (χ1v) is 0.408. The van der Waals surface area contributed by atoms with Gasteiger partial charge in [0.1, 0.15) is 0 Å². The van der Waals surface area contributed by atoms with Gasteiger partial charge in [-0.2, -0.15) is 9.59 Å². The lowest BCUT2D eigenvalue weighted by molar-refractivity contribution is -0.191. The van der Waals surface area contributed by atoms with E-state index in [0.717, 1.165) is 0 Å². The minimum absolute atomic E-state index is 0. The monoisotopic (exact) mass is 68.0 g/mol. The molecule has 0 rings (SSSR count). The first kappa shape index (κ1) is 8.91. The summed E-state index contributed by atoms with van der Waals surface area (Å²) in [6.07, 6.45) is 0.250. The molecule has 2 nitrogen and oxygen atoms in total. The summed E-state index contributed by atoms with van der Waals surface area (Å²) in [5.74, 6) is 0. The van der Waals surface area contributed by atoms with Crippen molar-refractivity contribution < 1.29 is 9.59 Å². The molecule has 0 bridgehead atoms. The minimum Gasteiger partial charge on any atom is -0.186 e. The summed E-state index contributed by atoms with van der Waals surface area (Å²) in [6, 6.07) is 0. The molecule has 0 atom stereocenters. The molecule has 0 amide bonds. The van der Waals surface area contributed by atoms with Crippen molar-refractivity contribution in [2.75, 3.05) is 0 Å². The second-order valence-corrected chi connectivity index (χ2v) is 0.0833. The fourth-order valence-electron chi connectivity index (χ4n) is 0. The highest BCUT2D eigenvalue weighted by Crippen LogP contribution is 0.787. The van der Waals surface area contributed by atoms with E-state index in [0.29, 0.717) is 0 Å². The van der Waals surface area contributed by atoms with Gasteiger partial charge in [0.05, 0.1) is 0 Å². The van der Waals surface area contributed by atoms with E-state index in [2.05, 4.69) is 0 Å². The van der Waals surface area contributed by atoms with Crippen molar-refractivity contribution in [2.45, 2.75) is 0 Å². The molecule has 0 heterocycles. The molecule has 0 unspecified atom stereocenters. The summed E-state index contributed by atoms with van der Waals surface area (Å²) < 4.78 is 0. The van der Waals surface area contributed by atoms with Gasteiger partial charge in [-0.1, -0.05) is 0 Å². The molecule has 0 aliphatic heterocycles. The van der Waals surface area contributed by atoms with Gasteiger partial charge in [-0.15, -0.1) is 0 Å². The molecule has 0 aliphatic rings. The second kappa shape index (κ2) is 11.0. The van der Waals surface area contributed by atoms with Crippen molar-refractivity contribution in [1.29, 1.82) is 0 Å². The Balaban J connectivity index is 0. The molecule has 0 aromatic carbocycles. The SMILES string of the molecule is O=C=O.[Mg]. The van der Waals surface area contributed by atoms with Crippen molar-refractivity contribution in [3.63, 3.8) is 0 Å². The van der Waals surface area contributed by atoms with Crippen molar-refractivity contribution >= 4 is 29.2 Å². The third-order valence-corrected chi connectivity index (χ3v) is 0. The van der Waals surface area contributed by atoms with Crippen LogP contribution in [0.3, 0.4) is 0 Å². The average Bonchev–Trinajstić information content (AvgIpc) is 0.918. The molecular weight excluding hydrogens is 68.3 g/mol. The Morgan fingerprint density at radius 2 is 1.25 bits per heavy atom. The molecule has 3 heteroatoms. The Kier molecular flexibility index (Phi) is 24.6. The van der Waals surface area contributed by atoms with Gasteiger partial charge in [0.2, 0.25) is 0 Å². The van der Waals surface area contributed by atoms with Crippen LogP contribution in [-0.2, 0) is 9.59 Å². The molecule has 18 valence electrons. The van der Waals surface area contributed by atoms with E-state index >= 15 is 0 Å². The van der Waals surface area contributed by atoms with Gasteiger partial charge in [0, 0.05) is 23.1 Å². The van der Waals surface area contributed by atoms with E-state index in [1.54, 1.807) is 0 Å². The van der Waals surface area contributed by atoms with Crippen LogP contribution in [0.4, 0.5) is 0 Å². The lowest BCUT2D eigenvalue weighted by Crippen LogP contribution is -1.22. The summed E-state index contributed by atoms with van der Waals surface area (Å²) in [5.41, 5.74) is 0. The first-order chi connectivity index (χ1) is 1.41. The van der Waals surface area contributed by atoms with Crippen LogP contribution in [0, 0.1) is 0 Å². The normalized spacial score (nSPS) is 2.00. The lowest BCUT2D eigenvalue weighted by Gasteiger charge is -0.945. The summed E-state index contributed by atoms with van der Waals surface area (Å²) in [4.78, 5) is 16.2. The maximum Gasteiger partial charge on any atom is 0.373 e. The topological polar surface area (TPSA) is 34.1 Å². The molecule has 0 N–H and O–H groups in total. The van der Waals surface area contributed by atoms with Gasteiger partial charge in [-0.05, 0) is 0 Å². The quantitative estimate of drug-likeness (QED) is 0.343. The predicted molar refractivity (Wildman–Crippen MR) is 10.8 cm³/mol. The fourth-order valence-corrected chi connectivity index (χ4v) is 0. The van der Waals surface area contributed by atoms with Crippen molar-refractivity contribution in [2.24, 2.45) is 0 Å². The highest BCUT2D eigenvalue weighted by atomic mass is 24.3. The van der Waals surface area contributed by atoms with Crippen LogP contribution in [-0.4, -0.2) is 29.2 Å². The molecular formula is CMgO2. The van der Waals surface area contributed by atoms with Gasteiger partial charge in [-0.25, -0.2) is 0 Å². The van der Waals surface area contributed by atoms with Gasteiger partial charge in [0.15, 0.2) is 0 Å². The molecule has 0 saturated heterocycles. The smallest absolute Gasteiger partial charge is 0.186 e. The van der Waals surface area contributed by atoms with Crippen LogP contribution in [0.5, 0.6) is 0 Å². The summed E-state index contributed by atoms with van der Waals surface area (Å²) in [5, 5.41) is 0. The van der Waals surface area contributed by atoms with Crippen LogP contribution < -0.4 is 0 Å². The summed E-state index contributed by atoms with van der Waals surface area (Å²) in [7, 11) is 0. The van der Waals surface area contributed by atoms with E-state index in [4.69, 9.17) is 9.59 Å². The Bertz CT molecular complexity index is 27.0. The van der Waals surface area contributed by atoms with E-state index in [-0.39, 0.29) is 29.2 Å². The maximum atomic E-state index is 8.12. The lowest BCUT2D eigenvalue weighted by atomic mass is 11.8. The number of carbonyl (C=O) groups excluding carboxylic acids is 2. The third kappa shape index (κ3) is 132. The first-order valence-electron chi connectivity index (χ1n) is 0.408. The van der Waals surface area contributed by atoms with Crippen molar-refractivity contribution in [3.05, 3.63) is 0 Å². The molecule has 0 spiro atoms. The van der Waals surface area contributed by atoms with Gasteiger partial charge < -0.3 is 0 Å². The predicted octanol–water partition coefficient (Wildman–Crippen LogP) is -0.964. The molecule has 4 heavy (non-hydrogen) atoms.